The molecule has 0 N–H and O–H groups in total. The molecule has 0 heterocycles. The highest BCUT2D eigenvalue weighted by Gasteiger charge is 2.42. The summed E-state index contributed by atoms with van der Waals surface area (Å²) in [6, 6.07) is 1.98. The summed E-state index contributed by atoms with van der Waals surface area (Å²) in [5, 5.41) is -1.07. The van der Waals surface area contributed by atoms with Crippen molar-refractivity contribution in [3.05, 3.63) is 70.8 Å². The van der Waals surface area contributed by atoms with Crippen molar-refractivity contribution in [1.29, 1.82) is 0 Å². The maximum atomic E-state index is 15.2. The molecule has 3 aromatic carbocycles. The molecule has 0 fully saturated rings. The van der Waals surface area contributed by atoms with Crippen molar-refractivity contribution in [2.24, 2.45) is 0 Å². The SMILES string of the molecule is CC(C)(C)[Si](C)(C)Oc1cc(-c2c(F)c(F)cc(F)c2F)c(O[Si](C)(C)C(C)(C)C)cc1-c1c(F)c(F)cc(F)c1F. The second-order valence-electron chi connectivity index (χ2n) is 13.3. The Balaban J connectivity index is 2.59. The van der Waals surface area contributed by atoms with E-state index in [1.165, 1.54) is 0 Å². The molecule has 0 aliphatic rings. The Labute approximate surface area is 242 Å². The predicted molar refractivity (Wildman–Crippen MR) is 153 cm³/mol. The van der Waals surface area contributed by atoms with Crippen LogP contribution in [0.3, 0.4) is 0 Å². The fraction of sp³-hybridized carbons (Fsp3) is 0.400. The van der Waals surface area contributed by atoms with E-state index in [0.29, 0.717) is 0 Å². The van der Waals surface area contributed by atoms with E-state index in [1.54, 1.807) is 26.2 Å². The minimum absolute atomic E-state index is 0.0459. The quantitative estimate of drug-likeness (QED) is 0.153. The Morgan fingerprint density at radius 1 is 0.452 bits per heavy atom. The van der Waals surface area contributed by atoms with Crippen LogP contribution in [0.25, 0.3) is 22.3 Å². The molecular weight excluding hydrogens is 600 g/mol. The molecule has 230 valence electrons. The standard InChI is InChI=1S/C30H34F8O2Si2/c1-29(2,3)41(7,8)39-21-11-16(24-27(37)19(33)14-20(34)28(24)38)22(40-42(9,10)30(4,5)6)12-15(21)23-25(35)17(31)13-18(32)26(23)36/h11-14H,1-10H3. The van der Waals surface area contributed by atoms with Crippen LogP contribution in [0.15, 0.2) is 24.3 Å². The van der Waals surface area contributed by atoms with Crippen molar-refractivity contribution in [3.63, 3.8) is 0 Å². The van der Waals surface area contributed by atoms with Gasteiger partial charge in [0.25, 0.3) is 16.6 Å². The molecule has 0 aliphatic heterocycles. The topological polar surface area (TPSA) is 18.5 Å². The van der Waals surface area contributed by atoms with Gasteiger partial charge in [-0.3, -0.25) is 0 Å². The molecule has 0 atom stereocenters. The highest BCUT2D eigenvalue weighted by atomic mass is 28.4. The number of hydrogen-bond acceptors (Lipinski definition) is 2. The molecule has 12 heteroatoms. The van der Waals surface area contributed by atoms with Gasteiger partial charge in [0.2, 0.25) is 0 Å². The van der Waals surface area contributed by atoms with Gasteiger partial charge < -0.3 is 8.85 Å². The first-order valence-electron chi connectivity index (χ1n) is 13.1. The fourth-order valence-electron chi connectivity index (χ4n) is 3.59. The molecule has 2 nitrogen and oxygen atoms in total. The fourth-order valence-corrected chi connectivity index (χ4v) is 5.64. The van der Waals surface area contributed by atoms with Crippen LogP contribution in [0.2, 0.25) is 36.3 Å². The van der Waals surface area contributed by atoms with E-state index in [9.17, 15) is 17.6 Å². The van der Waals surface area contributed by atoms with Crippen LogP contribution in [-0.2, 0) is 0 Å². The van der Waals surface area contributed by atoms with E-state index < -0.39 is 107 Å². The van der Waals surface area contributed by atoms with Gasteiger partial charge in [-0.25, -0.2) is 35.1 Å². The maximum absolute atomic E-state index is 15.2. The molecule has 3 rings (SSSR count). The van der Waals surface area contributed by atoms with E-state index in [2.05, 4.69) is 0 Å². The Kier molecular flexibility index (Phi) is 8.81. The first kappa shape index (κ1) is 33.6. The van der Waals surface area contributed by atoms with Crippen molar-refractivity contribution in [1.82, 2.24) is 0 Å². The van der Waals surface area contributed by atoms with Crippen LogP contribution in [0, 0.1) is 46.5 Å². The van der Waals surface area contributed by atoms with E-state index >= 15 is 17.6 Å². The minimum atomic E-state index is -2.94. The predicted octanol–water partition coefficient (Wildman–Crippen LogP) is 10.9. The van der Waals surface area contributed by atoms with E-state index in [4.69, 9.17) is 8.85 Å². The number of rotatable bonds is 6. The average Bonchev–Trinajstić information content (AvgIpc) is 2.82. The molecule has 3 aromatic rings. The third kappa shape index (κ3) is 6.10. The van der Waals surface area contributed by atoms with Gasteiger partial charge in [-0.05, 0) is 48.4 Å². The third-order valence-corrected chi connectivity index (χ3v) is 16.9. The van der Waals surface area contributed by atoms with E-state index in [-0.39, 0.29) is 12.1 Å². The summed E-state index contributed by atoms with van der Waals surface area (Å²) in [5.74, 6) is -14.6. The zero-order valence-electron chi connectivity index (χ0n) is 25.1. The molecule has 0 saturated carbocycles. The average molecular weight is 635 g/mol. The van der Waals surface area contributed by atoms with Crippen LogP contribution >= 0.6 is 0 Å². The monoisotopic (exact) mass is 634 g/mol. The molecule has 0 radical (unpaired) electrons. The molecule has 42 heavy (non-hydrogen) atoms. The van der Waals surface area contributed by atoms with Gasteiger partial charge in [0.1, 0.15) is 11.5 Å². The Bertz CT molecular complexity index is 1370. The zero-order valence-corrected chi connectivity index (χ0v) is 27.1. The Morgan fingerprint density at radius 3 is 0.905 bits per heavy atom. The van der Waals surface area contributed by atoms with Crippen molar-refractivity contribution in [2.45, 2.75) is 77.8 Å². The van der Waals surface area contributed by atoms with Crippen molar-refractivity contribution < 1.29 is 44.0 Å². The van der Waals surface area contributed by atoms with Gasteiger partial charge in [0.05, 0.1) is 11.1 Å². The lowest BCUT2D eigenvalue weighted by molar-refractivity contribution is 0.453. The Hall–Kier alpha value is -2.87. The van der Waals surface area contributed by atoms with Gasteiger partial charge in [-0.1, -0.05) is 41.5 Å². The van der Waals surface area contributed by atoms with Crippen molar-refractivity contribution >= 4 is 16.6 Å². The summed E-state index contributed by atoms with van der Waals surface area (Å²) in [5.41, 5.74) is -3.30. The number of halogens is 8. The third-order valence-electron chi connectivity index (χ3n) is 8.19. The summed E-state index contributed by atoms with van der Waals surface area (Å²) in [6.45, 7) is 18.0. The highest BCUT2D eigenvalue weighted by Crippen LogP contribution is 2.49. The first-order valence-corrected chi connectivity index (χ1v) is 19.0. The Morgan fingerprint density at radius 2 is 0.690 bits per heavy atom. The zero-order chi connectivity index (χ0) is 32.3. The second-order valence-corrected chi connectivity index (χ2v) is 22.7. The van der Waals surface area contributed by atoms with Crippen LogP contribution < -0.4 is 8.85 Å². The lowest BCUT2D eigenvalue weighted by Crippen LogP contribution is -2.44. The summed E-state index contributed by atoms with van der Waals surface area (Å²) < 4.78 is 131. The summed E-state index contributed by atoms with van der Waals surface area (Å²) in [7, 11) is -5.88. The van der Waals surface area contributed by atoms with Crippen LogP contribution in [0.1, 0.15) is 41.5 Å². The number of hydrogen-bond donors (Lipinski definition) is 0. The highest BCUT2D eigenvalue weighted by molar-refractivity contribution is 6.75. The molecule has 0 aromatic heterocycles. The van der Waals surface area contributed by atoms with Crippen LogP contribution in [0.4, 0.5) is 35.1 Å². The molecule has 0 amide bonds. The number of benzene rings is 3. The smallest absolute Gasteiger partial charge is 0.250 e. The lowest BCUT2D eigenvalue weighted by Gasteiger charge is -2.39. The minimum Gasteiger partial charge on any atom is -0.543 e. The molecule has 0 aliphatic carbocycles. The summed E-state index contributed by atoms with van der Waals surface area (Å²) >= 11 is 0. The molecule has 0 bridgehead atoms. The van der Waals surface area contributed by atoms with E-state index in [0.717, 1.165) is 12.1 Å². The van der Waals surface area contributed by atoms with Gasteiger partial charge in [0.15, 0.2) is 46.5 Å². The first-order chi connectivity index (χ1) is 18.9. The van der Waals surface area contributed by atoms with Crippen molar-refractivity contribution in [2.75, 3.05) is 0 Å². The van der Waals surface area contributed by atoms with Gasteiger partial charge in [0, 0.05) is 23.3 Å². The summed E-state index contributed by atoms with van der Waals surface area (Å²) in [6.07, 6.45) is 0. The largest absolute Gasteiger partial charge is 0.543 e. The maximum Gasteiger partial charge on any atom is 0.250 e. The molecule has 0 saturated heterocycles. The van der Waals surface area contributed by atoms with Gasteiger partial charge in [-0.15, -0.1) is 0 Å². The normalized spacial score (nSPS) is 13.0. The van der Waals surface area contributed by atoms with Crippen LogP contribution in [0.5, 0.6) is 11.5 Å². The molecule has 0 unspecified atom stereocenters. The van der Waals surface area contributed by atoms with Gasteiger partial charge in [-0.2, -0.15) is 0 Å². The second kappa shape index (κ2) is 11.0. The molecule has 0 spiro atoms. The molecular formula is C30H34F8O2Si2. The van der Waals surface area contributed by atoms with Crippen molar-refractivity contribution in [3.8, 4) is 33.8 Å². The van der Waals surface area contributed by atoms with Gasteiger partial charge >= 0.3 is 0 Å². The van der Waals surface area contributed by atoms with E-state index in [1.807, 2.05) is 41.5 Å². The summed E-state index contributed by atoms with van der Waals surface area (Å²) in [4.78, 5) is 0. The lowest BCUT2D eigenvalue weighted by atomic mass is 9.96. The van der Waals surface area contributed by atoms with Crippen LogP contribution in [-0.4, -0.2) is 16.6 Å².